The molecule has 0 aliphatic carbocycles. The van der Waals surface area contributed by atoms with Gasteiger partial charge in [0.05, 0.1) is 155 Å². The van der Waals surface area contributed by atoms with Crippen LogP contribution in [0, 0.1) is 91.9 Å². The third-order valence-corrected chi connectivity index (χ3v) is 27.7. The van der Waals surface area contributed by atoms with E-state index in [0.29, 0.717) is 0 Å². The number of nitrogens with zero attached hydrogens (tertiary/aromatic N) is 6. The third kappa shape index (κ3) is 26.2. The van der Waals surface area contributed by atoms with Crippen molar-refractivity contribution in [3.8, 4) is 0 Å². The first-order valence-electron chi connectivity index (χ1n) is 39.5. The minimum Gasteiger partial charge on any atom is -0.358 e. The quantitative estimate of drug-likeness (QED) is 0.168. The molecule has 12 atom stereocenters. The minimum absolute atomic E-state index is 0. The van der Waals surface area contributed by atoms with Gasteiger partial charge in [-0.15, -0.1) is 0 Å². The Morgan fingerprint density at radius 1 is 0.189 bits per heavy atom. The molecule has 0 bridgehead atoms. The van der Waals surface area contributed by atoms with E-state index in [1.165, 1.54) is 376 Å². The summed E-state index contributed by atoms with van der Waals surface area (Å²) >= 11 is 0. The smallest absolute Gasteiger partial charge is 0.0863 e. The fourth-order valence-corrected chi connectivity index (χ4v) is 21.9. The molecular formula is C84H174N6. The molecule has 12 unspecified atom stereocenters. The van der Waals surface area contributed by atoms with Gasteiger partial charge >= 0.3 is 0 Å². The molecule has 90 heavy (non-hydrogen) atoms. The molecule has 12 rings (SSSR count). The van der Waals surface area contributed by atoms with Gasteiger partial charge in [-0.2, -0.15) is 0 Å². The minimum atomic E-state index is 0. The maximum absolute atomic E-state index is 2.51. The Kier molecular flexibility index (Phi) is 42.2. The van der Waals surface area contributed by atoms with Crippen molar-refractivity contribution in [2.45, 2.75) is 326 Å². The fraction of sp³-hybridized carbons (Fsp3) is 0.929. The maximum atomic E-state index is 2.51. The van der Waals surface area contributed by atoms with Crippen LogP contribution in [0.4, 0.5) is 0 Å². The van der Waals surface area contributed by atoms with E-state index in [-0.39, 0.29) is 44.6 Å². The van der Waals surface area contributed by atoms with Crippen LogP contribution < -0.4 is 0 Å². The van der Waals surface area contributed by atoms with Crippen molar-refractivity contribution in [3.05, 3.63) is 44.6 Å². The summed E-state index contributed by atoms with van der Waals surface area (Å²) in [6.45, 7) is 59.3. The van der Waals surface area contributed by atoms with Crippen molar-refractivity contribution in [1.29, 1.82) is 0 Å². The summed E-state index contributed by atoms with van der Waals surface area (Å²) in [7, 11) is 0. The Bertz CT molecular complexity index is 1700. The van der Waals surface area contributed by atoms with Crippen molar-refractivity contribution < 1.29 is 26.9 Å². The van der Waals surface area contributed by atoms with Crippen LogP contribution in [-0.2, 0) is 0 Å². The third-order valence-electron chi connectivity index (χ3n) is 27.7. The normalized spacial score (nSPS) is 35.6. The summed E-state index contributed by atoms with van der Waals surface area (Å²) < 4.78 is 8.85. The zero-order valence-corrected chi connectivity index (χ0v) is 65.8. The van der Waals surface area contributed by atoms with Gasteiger partial charge in [-0.25, -0.2) is 0 Å². The zero-order valence-electron chi connectivity index (χ0n) is 65.8. The highest BCUT2D eigenvalue weighted by molar-refractivity contribution is 4.74. The summed E-state index contributed by atoms with van der Waals surface area (Å²) in [4.78, 5) is 0. The molecule has 0 radical (unpaired) electrons. The molecule has 540 valence electrons. The van der Waals surface area contributed by atoms with E-state index in [1.54, 1.807) is 0 Å². The molecule has 12 saturated heterocycles. The van der Waals surface area contributed by atoms with Crippen LogP contribution in [0.1, 0.15) is 301 Å². The van der Waals surface area contributed by atoms with Crippen LogP contribution in [0.5, 0.6) is 0 Å². The number of hydrogen-bond acceptors (Lipinski definition) is 0. The van der Waals surface area contributed by atoms with Crippen molar-refractivity contribution in [2.24, 2.45) is 47.3 Å². The topological polar surface area (TPSA) is 0 Å². The van der Waals surface area contributed by atoms with Crippen LogP contribution in [-0.4, -0.2) is 182 Å². The van der Waals surface area contributed by atoms with E-state index >= 15 is 0 Å². The molecule has 6 heteroatoms. The van der Waals surface area contributed by atoms with Gasteiger partial charge in [-0.05, 0) is 264 Å². The number of piperidine rings is 6. The molecule has 12 fully saturated rings. The highest BCUT2D eigenvalue weighted by Gasteiger charge is 2.43. The largest absolute Gasteiger partial charge is 0.358 e. The second-order valence-corrected chi connectivity index (χ2v) is 35.0. The van der Waals surface area contributed by atoms with Crippen molar-refractivity contribution >= 4 is 0 Å². The molecule has 0 amide bonds. The van der Waals surface area contributed by atoms with Crippen molar-refractivity contribution in [1.82, 2.24) is 0 Å². The Morgan fingerprint density at radius 2 is 0.556 bits per heavy atom. The molecule has 0 N–H and O–H groups in total. The average Bonchev–Trinajstić information content (AvgIpc) is 2.33. The summed E-state index contributed by atoms with van der Waals surface area (Å²) in [6.07, 6.45) is 50.4. The lowest BCUT2D eigenvalue weighted by Gasteiger charge is -2.49. The number of rotatable bonds is 0. The molecule has 0 aromatic carbocycles. The molecule has 0 aromatic rings. The highest BCUT2D eigenvalue weighted by Crippen LogP contribution is 2.37. The van der Waals surface area contributed by atoms with Crippen LogP contribution >= 0.6 is 0 Å². The van der Waals surface area contributed by atoms with Gasteiger partial charge in [0, 0.05) is 29.6 Å². The number of hydrogen-bond donors (Lipinski definition) is 0. The summed E-state index contributed by atoms with van der Waals surface area (Å²) in [5.74, 6) is 7.76. The van der Waals surface area contributed by atoms with Gasteiger partial charge in [0.1, 0.15) is 0 Å². The first-order chi connectivity index (χ1) is 40.3. The average molecular weight is 1270 g/mol. The molecule has 12 aliphatic rings. The second kappa shape index (κ2) is 43.2. The lowest BCUT2D eigenvalue weighted by Crippen LogP contribution is -2.61. The summed E-state index contributed by atoms with van der Waals surface area (Å²) in [5.41, 5.74) is 0. The molecule has 0 aromatic heterocycles. The van der Waals surface area contributed by atoms with Crippen LogP contribution in [0.2, 0.25) is 0 Å². The van der Waals surface area contributed by atoms with Crippen LogP contribution in [0.25, 0.3) is 0 Å². The molecule has 12 heterocycles. The Labute approximate surface area is 572 Å². The summed E-state index contributed by atoms with van der Waals surface area (Å²) in [5, 5.41) is 0. The van der Waals surface area contributed by atoms with Gasteiger partial charge in [0.25, 0.3) is 0 Å². The van der Waals surface area contributed by atoms with Gasteiger partial charge in [-0.1, -0.05) is 55.4 Å². The van der Waals surface area contributed by atoms with Gasteiger partial charge in [-0.3, -0.25) is 0 Å². The first-order valence-corrected chi connectivity index (χ1v) is 39.5. The Hall–Kier alpha value is -0.240. The predicted molar refractivity (Wildman–Crippen MR) is 406 cm³/mol. The van der Waals surface area contributed by atoms with Crippen molar-refractivity contribution in [3.63, 3.8) is 0 Å². The molecule has 6 nitrogen and oxygen atoms in total. The Balaban J connectivity index is 0.000000533. The summed E-state index contributed by atoms with van der Waals surface area (Å²) in [6, 6.07) is 3.76. The molecule has 0 saturated carbocycles. The first kappa shape index (κ1) is 87.8. The second-order valence-electron chi connectivity index (χ2n) is 35.0. The number of quaternary nitrogens is 6. The van der Waals surface area contributed by atoms with E-state index in [0.717, 1.165) is 71.5 Å². The highest BCUT2D eigenvalue weighted by atomic mass is 15.4. The van der Waals surface area contributed by atoms with E-state index in [2.05, 4.69) is 83.1 Å². The maximum Gasteiger partial charge on any atom is 0.0863 e. The van der Waals surface area contributed by atoms with E-state index < -0.39 is 0 Å². The Morgan fingerprint density at radius 3 is 1.06 bits per heavy atom. The van der Waals surface area contributed by atoms with Crippen LogP contribution in [0.15, 0.2) is 0 Å². The lowest BCUT2D eigenvalue weighted by molar-refractivity contribution is -0.973. The van der Waals surface area contributed by atoms with E-state index in [4.69, 9.17) is 0 Å². The SMILES string of the molecule is CC1CCC(C)C[N+]2(CCCCC2)C1.CC1CCC(C)[N+]2(CCCCC2)CC1.CC1CCCC(C)[N+]2(CCCCC2)C1.CC1CCCCC(C)[N+]12CCCCC2.CC1CCC[N+]2(CCCCC2)CC1C.CC1CC[N+]2(CCCCC2)CC(C)C1.[CH3-].[CH3-].[CH3-].[CH3-].[CH3-].[CH3-]. The monoisotopic (exact) mass is 1270 g/mol. The molecule has 6 spiro atoms. The van der Waals surface area contributed by atoms with Crippen LogP contribution in [0.3, 0.4) is 0 Å². The zero-order chi connectivity index (χ0) is 60.1. The molecule has 12 aliphatic heterocycles. The fourth-order valence-electron chi connectivity index (χ4n) is 21.9. The standard InChI is InChI=1S/6C13H26N.6CH3/c1-12-8-4-5-9-13(2)14(12)10-6-3-7-11-14;1-12-6-7-13(2)14(11-8-12)9-4-3-5-10-14;1-12-7-6-8-13(2)14(11-12)9-4-3-5-10-14;1-12-6-7-13(2)11-14(10-12)8-4-3-5-9-14;1-12-7-6-10-14(11-13(12)2)8-4-3-5-9-14;1-12-6-9-14(11-13(2)10-12)7-4-3-5-8-14;;;;;;/h6*12-13H,3-11H2,1-2H3;6*1H3/q6*+1;6*-1. The van der Waals surface area contributed by atoms with Gasteiger partial charge < -0.3 is 71.5 Å². The lowest BCUT2D eigenvalue weighted by atomic mass is 9.92. The van der Waals surface area contributed by atoms with Gasteiger partial charge in [0.15, 0.2) is 0 Å². The van der Waals surface area contributed by atoms with Gasteiger partial charge in [0.2, 0.25) is 0 Å². The predicted octanol–water partition coefficient (Wildman–Crippen LogP) is 21.6. The van der Waals surface area contributed by atoms with Crippen molar-refractivity contribution in [2.75, 3.05) is 131 Å². The van der Waals surface area contributed by atoms with E-state index in [1.807, 2.05) is 0 Å². The van der Waals surface area contributed by atoms with E-state index in [9.17, 15) is 0 Å². The molecular weight excluding hydrogens is 1090 g/mol.